The maximum Gasteiger partial charge on any atom is 0.245 e. The minimum absolute atomic E-state index is 0.0726. The van der Waals surface area contributed by atoms with Gasteiger partial charge < -0.3 is 29.5 Å². The first kappa shape index (κ1) is 29.1. The van der Waals surface area contributed by atoms with Gasteiger partial charge in [0.15, 0.2) is 11.5 Å². The molecule has 5 rings (SSSR count). The van der Waals surface area contributed by atoms with E-state index in [0.29, 0.717) is 82.1 Å². The van der Waals surface area contributed by atoms with Gasteiger partial charge >= 0.3 is 0 Å². The number of pyridine rings is 1. The Morgan fingerprint density at radius 3 is 2.52 bits per heavy atom. The molecule has 0 radical (unpaired) electrons. The summed E-state index contributed by atoms with van der Waals surface area (Å²) in [5.74, 6) is 2.60. The van der Waals surface area contributed by atoms with Crippen molar-refractivity contribution < 1.29 is 24.1 Å². The van der Waals surface area contributed by atoms with Crippen LogP contribution in [0.25, 0.3) is 10.9 Å². The fraction of sp³-hybridized carbons (Fsp3) is 0.290. The highest BCUT2D eigenvalue weighted by molar-refractivity contribution is 6.29. The fourth-order valence-electron chi connectivity index (χ4n) is 4.81. The van der Waals surface area contributed by atoms with Gasteiger partial charge in [-0.15, -0.1) is 0 Å². The second-order valence-electron chi connectivity index (χ2n) is 10.4. The predicted molar refractivity (Wildman–Crippen MR) is 161 cm³/mol. The molecule has 1 aliphatic heterocycles. The first-order chi connectivity index (χ1) is 20.1. The Morgan fingerprint density at radius 2 is 1.86 bits per heavy atom. The van der Waals surface area contributed by atoms with Crippen molar-refractivity contribution in [1.82, 2.24) is 19.9 Å². The van der Waals surface area contributed by atoms with Crippen molar-refractivity contribution in [2.75, 3.05) is 25.5 Å². The molecule has 11 heteroatoms. The lowest BCUT2D eigenvalue weighted by molar-refractivity contribution is -0.127. The summed E-state index contributed by atoms with van der Waals surface area (Å²) in [7, 11) is 1.58. The number of amides is 1. The van der Waals surface area contributed by atoms with Crippen molar-refractivity contribution in [2.45, 2.75) is 38.4 Å². The van der Waals surface area contributed by atoms with E-state index in [1.54, 1.807) is 50.1 Å². The summed E-state index contributed by atoms with van der Waals surface area (Å²) in [6.45, 7) is 8.15. The number of carbonyl (C=O) groups is 1. The Bertz CT molecular complexity index is 1600. The molecule has 0 saturated carbocycles. The monoisotopic (exact) mass is 589 g/mol. The predicted octanol–water partition coefficient (Wildman–Crippen LogP) is 6.01. The van der Waals surface area contributed by atoms with Crippen LogP contribution in [0.4, 0.5) is 11.5 Å². The lowest BCUT2D eigenvalue weighted by Gasteiger charge is -2.31. The van der Waals surface area contributed by atoms with Gasteiger partial charge in [-0.05, 0) is 56.3 Å². The maximum atomic E-state index is 12.0. The van der Waals surface area contributed by atoms with Gasteiger partial charge in [-0.25, -0.2) is 15.0 Å². The maximum absolute atomic E-state index is 12.0. The number of nitrogens with zero attached hydrogens (tertiary/aromatic N) is 4. The summed E-state index contributed by atoms with van der Waals surface area (Å²) >= 11 is 5.89. The van der Waals surface area contributed by atoms with Crippen molar-refractivity contribution in [3.05, 3.63) is 78.4 Å². The van der Waals surface area contributed by atoms with E-state index in [9.17, 15) is 9.90 Å². The van der Waals surface area contributed by atoms with E-state index in [1.807, 2.05) is 18.2 Å². The first-order valence-electron chi connectivity index (χ1n) is 13.5. The molecule has 2 N–H and O–H groups in total. The summed E-state index contributed by atoms with van der Waals surface area (Å²) in [5.41, 5.74) is 0.687. The van der Waals surface area contributed by atoms with Crippen LogP contribution in [0.2, 0.25) is 5.15 Å². The summed E-state index contributed by atoms with van der Waals surface area (Å²) in [5, 5.41) is 15.5. The van der Waals surface area contributed by atoms with Gasteiger partial charge in [-0.1, -0.05) is 18.2 Å². The van der Waals surface area contributed by atoms with Crippen molar-refractivity contribution in [2.24, 2.45) is 0 Å². The number of hydrogen-bond acceptors (Lipinski definition) is 9. The molecule has 2 aromatic heterocycles. The zero-order valence-corrected chi connectivity index (χ0v) is 24.4. The molecule has 1 fully saturated rings. The Balaban J connectivity index is 1.43. The second kappa shape index (κ2) is 12.2. The number of benzene rings is 2. The molecule has 0 aliphatic carbocycles. The van der Waals surface area contributed by atoms with Gasteiger partial charge in [-0.2, -0.15) is 0 Å². The van der Waals surface area contributed by atoms with E-state index in [4.69, 9.17) is 25.8 Å². The van der Waals surface area contributed by atoms with Crippen LogP contribution in [0.5, 0.6) is 23.0 Å². The van der Waals surface area contributed by atoms with Crippen molar-refractivity contribution in [1.29, 1.82) is 0 Å². The van der Waals surface area contributed by atoms with Crippen LogP contribution in [-0.4, -0.2) is 57.2 Å². The molecule has 0 atom stereocenters. The van der Waals surface area contributed by atoms with Crippen LogP contribution in [0.1, 0.15) is 32.3 Å². The third kappa shape index (κ3) is 6.56. The number of aromatic nitrogens is 3. The summed E-state index contributed by atoms with van der Waals surface area (Å²) in [6, 6.07) is 12.4. The van der Waals surface area contributed by atoms with Crippen LogP contribution < -0.4 is 19.5 Å². The van der Waals surface area contributed by atoms with Crippen LogP contribution in [0, 0.1) is 0 Å². The lowest BCUT2D eigenvalue weighted by Crippen LogP contribution is -2.41. The van der Waals surface area contributed by atoms with E-state index in [0.717, 1.165) is 0 Å². The van der Waals surface area contributed by atoms with Crippen molar-refractivity contribution in [3.63, 3.8) is 0 Å². The van der Waals surface area contributed by atoms with E-state index < -0.39 is 5.60 Å². The fourth-order valence-corrected chi connectivity index (χ4v) is 4.92. The molecule has 0 unspecified atom stereocenters. The normalized spacial score (nSPS) is 14.0. The standard InChI is InChI=1S/C31H32ClN5O5/c1-5-29(38)37-12-10-19(11-13-37)42-27-15-22-25(16-26(27)40-4)34-18-35-30(22)36-24-8-6-20(14-23(24)31(2,3)39)41-21-7-9-28(32)33-17-21/h5-9,14-19,39H,1,10-13H2,2-4H3,(H,34,35,36). The molecule has 2 aromatic carbocycles. The highest BCUT2D eigenvalue weighted by atomic mass is 35.5. The average Bonchev–Trinajstić information content (AvgIpc) is 2.98. The van der Waals surface area contributed by atoms with Gasteiger partial charge in [0.2, 0.25) is 5.91 Å². The number of fused-ring (bicyclic) bond motifs is 1. The molecule has 0 bridgehead atoms. The average molecular weight is 590 g/mol. The molecular formula is C31H32ClN5O5. The Morgan fingerprint density at radius 1 is 1.10 bits per heavy atom. The molecule has 3 heterocycles. The Kier molecular flexibility index (Phi) is 8.46. The third-order valence-electron chi connectivity index (χ3n) is 6.98. The number of nitrogens with one attached hydrogen (secondary N) is 1. The SMILES string of the molecule is C=CC(=O)N1CCC(Oc2cc3c(Nc4ccc(Oc5ccc(Cl)nc5)cc4C(C)(C)O)ncnc3cc2OC)CC1. The van der Waals surface area contributed by atoms with Crippen LogP contribution in [0.3, 0.4) is 0 Å². The van der Waals surface area contributed by atoms with E-state index in [1.165, 1.54) is 18.6 Å². The highest BCUT2D eigenvalue weighted by Crippen LogP contribution is 2.39. The zero-order valence-electron chi connectivity index (χ0n) is 23.6. The molecule has 218 valence electrons. The van der Waals surface area contributed by atoms with Crippen LogP contribution in [0.15, 0.2) is 67.6 Å². The number of piperidine rings is 1. The Labute approximate surface area is 248 Å². The van der Waals surface area contributed by atoms with Gasteiger partial charge in [0.05, 0.1) is 24.4 Å². The molecule has 1 aliphatic rings. The molecular weight excluding hydrogens is 558 g/mol. The number of rotatable bonds is 9. The molecule has 10 nitrogen and oxygen atoms in total. The van der Waals surface area contributed by atoms with Gasteiger partial charge in [0.1, 0.15) is 34.9 Å². The molecule has 0 spiro atoms. The van der Waals surface area contributed by atoms with Gasteiger partial charge in [0, 0.05) is 48.6 Å². The number of halogens is 1. The van der Waals surface area contributed by atoms with E-state index >= 15 is 0 Å². The number of aliphatic hydroxyl groups is 1. The zero-order chi connectivity index (χ0) is 29.9. The Hall–Kier alpha value is -4.41. The largest absolute Gasteiger partial charge is 0.493 e. The van der Waals surface area contributed by atoms with Gasteiger partial charge in [0.25, 0.3) is 0 Å². The lowest BCUT2D eigenvalue weighted by atomic mass is 9.96. The third-order valence-corrected chi connectivity index (χ3v) is 7.21. The first-order valence-corrected chi connectivity index (χ1v) is 13.9. The quantitative estimate of drug-likeness (QED) is 0.179. The summed E-state index contributed by atoms with van der Waals surface area (Å²) < 4.78 is 17.9. The topological polar surface area (TPSA) is 119 Å². The smallest absolute Gasteiger partial charge is 0.245 e. The molecule has 4 aromatic rings. The van der Waals surface area contributed by atoms with Crippen LogP contribution >= 0.6 is 11.6 Å². The minimum atomic E-state index is -1.21. The van der Waals surface area contributed by atoms with E-state index in [2.05, 4.69) is 26.8 Å². The number of hydrogen-bond donors (Lipinski definition) is 2. The summed E-state index contributed by atoms with van der Waals surface area (Å²) in [6.07, 6.45) is 5.62. The van der Waals surface area contributed by atoms with Crippen LogP contribution in [-0.2, 0) is 10.4 Å². The molecule has 1 saturated heterocycles. The number of likely N-dealkylation sites (tertiary alicyclic amines) is 1. The van der Waals surface area contributed by atoms with Crippen molar-refractivity contribution in [3.8, 4) is 23.0 Å². The number of ether oxygens (including phenoxy) is 3. The number of methoxy groups -OCH3 is 1. The van der Waals surface area contributed by atoms with Crippen molar-refractivity contribution >= 4 is 39.9 Å². The van der Waals surface area contributed by atoms with E-state index in [-0.39, 0.29) is 12.0 Å². The number of carbonyl (C=O) groups excluding carboxylic acids is 1. The summed E-state index contributed by atoms with van der Waals surface area (Å²) in [4.78, 5) is 26.7. The second-order valence-corrected chi connectivity index (χ2v) is 10.8. The highest BCUT2D eigenvalue weighted by Gasteiger charge is 2.25. The molecule has 1 amide bonds. The number of anilines is 2. The molecule has 42 heavy (non-hydrogen) atoms. The van der Waals surface area contributed by atoms with Gasteiger partial charge in [-0.3, -0.25) is 4.79 Å². The minimum Gasteiger partial charge on any atom is -0.493 e.